The SMILES string of the molecule is Cc1nc2c(c(=O)[nH]1)N(C=O)C(CCc1ccc(C(=O)CC(CCC(=O)O)C(=O)O)cc1)CN2.[NH-]C1CCCCC1[NH-].[Pt+2]. The van der Waals surface area contributed by atoms with Crippen molar-refractivity contribution in [3.05, 3.63) is 63.0 Å². The fraction of sp³-hybridized carbons (Fsp3) is 0.517. The molecule has 0 bridgehead atoms. The number of amides is 1. The van der Waals surface area contributed by atoms with Crippen LogP contribution in [0, 0.1) is 12.8 Å². The second kappa shape index (κ2) is 17.0. The van der Waals surface area contributed by atoms with E-state index in [4.69, 9.17) is 16.6 Å². The summed E-state index contributed by atoms with van der Waals surface area (Å²) in [5.41, 5.74) is 15.6. The van der Waals surface area contributed by atoms with Crippen LogP contribution in [0.5, 0.6) is 0 Å². The molecule has 43 heavy (non-hydrogen) atoms. The number of fused-ring (bicyclic) bond motifs is 1. The van der Waals surface area contributed by atoms with Crippen LogP contribution in [0.1, 0.15) is 73.1 Å². The Hall–Kier alpha value is -3.41. The third-order valence-corrected chi connectivity index (χ3v) is 7.58. The van der Waals surface area contributed by atoms with E-state index in [-0.39, 0.29) is 69.9 Å². The molecule has 1 aliphatic heterocycles. The average Bonchev–Trinajstić information content (AvgIpc) is 2.95. The number of hydrogen-bond donors (Lipinski definition) is 4. The molecule has 1 aromatic heterocycles. The van der Waals surface area contributed by atoms with Crippen molar-refractivity contribution in [2.45, 2.75) is 82.8 Å². The third kappa shape index (κ3) is 10.4. The van der Waals surface area contributed by atoms with Crippen LogP contribution < -0.4 is 15.8 Å². The first-order chi connectivity index (χ1) is 20.0. The molecule has 1 amide bonds. The molecule has 2 aliphatic rings. The number of benzene rings is 1. The van der Waals surface area contributed by atoms with E-state index < -0.39 is 23.4 Å². The molecular weight excluding hydrogens is 739 g/mol. The number of carboxylic acids is 2. The largest absolute Gasteiger partial charge is 2.00 e. The molecule has 1 aliphatic carbocycles. The molecule has 1 fully saturated rings. The Bertz CT molecular complexity index is 1310. The number of carboxylic acid groups (broad SMARTS) is 2. The van der Waals surface area contributed by atoms with E-state index in [0.29, 0.717) is 43.0 Å². The van der Waals surface area contributed by atoms with Crippen molar-refractivity contribution in [2.75, 3.05) is 16.8 Å². The number of H-pyrrole nitrogens is 1. The second-order valence-corrected chi connectivity index (χ2v) is 10.7. The fourth-order valence-electron chi connectivity index (χ4n) is 5.09. The number of rotatable bonds is 11. The molecule has 1 saturated carbocycles. The topological polar surface area (TPSA) is 217 Å². The van der Waals surface area contributed by atoms with Crippen molar-refractivity contribution in [3.8, 4) is 0 Å². The van der Waals surface area contributed by atoms with Crippen molar-refractivity contribution in [2.24, 2.45) is 5.92 Å². The Kier molecular flexibility index (Phi) is 14.2. The van der Waals surface area contributed by atoms with Gasteiger partial charge in [0.25, 0.3) is 5.56 Å². The van der Waals surface area contributed by atoms with Crippen LogP contribution in [0.2, 0.25) is 0 Å². The Labute approximate surface area is 264 Å². The van der Waals surface area contributed by atoms with Gasteiger partial charge in [-0.3, -0.25) is 24.0 Å². The number of hydrogen-bond acceptors (Lipinski definition) is 7. The predicted molar refractivity (Wildman–Crippen MR) is 157 cm³/mol. The Morgan fingerprint density at radius 3 is 2.28 bits per heavy atom. The van der Waals surface area contributed by atoms with Gasteiger partial charge < -0.3 is 36.9 Å². The smallest absolute Gasteiger partial charge is 0.676 e. The van der Waals surface area contributed by atoms with E-state index in [9.17, 15) is 29.1 Å². The van der Waals surface area contributed by atoms with Gasteiger partial charge in [0.05, 0.1) is 12.0 Å². The number of anilines is 2. The van der Waals surface area contributed by atoms with Crippen LogP contribution in [0.15, 0.2) is 29.1 Å². The molecule has 2 aromatic rings. The maximum atomic E-state index is 12.5. The molecule has 14 heteroatoms. The van der Waals surface area contributed by atoms with E-state index >= 15 is 0 Å². The number of carbonyl (C=O) groups excluding carboxylic acids is 2. The van der Waals surface area contributed by atoms with Gasteiger partial charge in [0.15, 0.2) is 17.3 Å². The first-order valence-corrected chi connectivity index (χ1v) is 14.1. The van der Waals surface area contributed by atoms with E-state index in [1.807, 2.05) is 0 Å². The number of nitrogens with one attached hydrogen (secondary N) is 4. The molecule has 4 unspecified atom stereocenters. The molecule has 13 nitrogen and oxygen atoms in total. The molecule has 0 radical (unpaired) electrons. The zero-order chi connectivity index (χ0) is 30.8. The zero-order valence-corrected chi connectivity index (χ0v) is 26.2. The molecule has 6 N–H and O–H groups in total. The number of ketones is 1. The third-order valence-electron chi connectivity index (χ3n) is 7.58. The molecular formula is C29H38N6O7Pt. The zero-order valence-electron chi connectivity index (χ0n) is 23.9. The van der Waals surface area contributed by atoms with E-state index in [1.54, 1.807) is 31.2 Å². The second-order valence-electron chi connectivity index (χ2n) is 10.7. The van der Waals surface area contributed by atoms with Crippen LogP contribution in [-0.4, -0.2) is 69.0 Å². The first-order valence-electron chi connectivity index (χ1n) is 14.1. The number of Topliss-reactive ketones (excluding diaryl/α,β-unsaturated/α-hetero) is 1. The van der Waals surface area contributed by atoms with Gasteiger partial charge in [-0.05, 0) is 31.7 Å². The molecule has 4 rings (SSSR count). The fourth-order valence-corrected chi connectivity index (χ4v) is 5.09. The van der Waals surface area contributed by atoms with E-state index in [0.717, 1.165) is 18.4 Å². The Morgan fingerprint density at radius 1 is 1.12 bits per heavy atom. The van der Waals surface area contributed by atoms with Gasteiger partial charge in [-0.2, -0.15) is 12.1 Å². The number of aliphatic carboxylic acids is 2. The van der Waals surface area contributed by atoms with Crippen LogP contribution in [0.25, 0.3) is 11.5 Å². The maximum absolute atomic E-state index is 12.5. The number of carbonyl (C=O) groups is 4. The monoisotopic (exact) mass is 777 g/mol. The van der Waals surface area contributed by atoms with Crippen LogP contribution in [0.3, 0.4) is 0 Å². The van der Waals surface area contributed by atoms with Gasteiger partial charge in [0, 0.05) is 24.9 Å². The summed E-state index contributed by atoms with van der Waals surface area (Å²) in [7, 11) is 0. The summed E-state index contributed by atoms with van der Waals surface area (Å²) in [5.74, 6) is -2.91. The van der Waals surface area contributed by atoms with Gasteiger partial charge in [-0.1, -0.05) is 49.9 Å². The average molecular weight is 778 g/mol. The number of aryl methyl sites for hydroxylation is 2. The summed E-state index contributed by atoms with van der Waals surface area (Å²) in [6, 6.07) is 6.31. The molecule has 1 aromatic carbocycles. The van der Waals surface area contributed by atoms with Gasteiger partial charge in [0.2, 0.25) is 6.41 Å². The van der Waals surface area contributed by atoms with Crippen molar-refractivity contribution in [1.82, 2.24) is 9.97 Å². The van der Waals surface area contributed by atoms with Crippen LogP contribution >= 0.6 is 0 Å². The summed E-state index contributed by atoms with van der Waals surface area (Å²) in [6.45, 7) is 2.10. The van der Waals surface area contributed by atoms with Crippen LogP contribution in [-0.2, 0) is 41.9 Å². The summed E-state index contributed by atoms with van der Waals surface area (Å²) >= 11 is 0. The quantitative estimate of drug-likeness (QED) is 0.191. The minimum Gasteiger partial charge on any atom is -0.676 e. The van der Waals surface area contributed by atoms with E-state index in [2.05, 4.69) is 15.3 Å². The van der Waals surface area contributed by atoms with Gasteiger partial charge in [-0.25, -0.2) is 4.98 Å². The van der Waals surface area contributed by atoms with Gasteiger partial charge in [-0.15, -0.1) is 0 Å². The summed E-state index contributed by atoms with van der Waals surface area (Å²) in [6.07, 6.45) is 5.31. The van der Waals surface area contributed by atoms with Crippen molar-refractivity contribution in [3.63, 3.8) is 0 Å². The maximum Gasteiger partial charge on any atom is 2.00 e. The summed E-state index contributed by atoms with van der Waals surface area (Å²) in [4.78, 5) is 66.8. The van der Waals surface area contributed by atoms with E-state index in [1.165, 1.54) is 17.7 Å². The first kappa shape index (κ1) is 35.8. The number of aromatic amines is 1. The molecule has 4 atom stereocenters. The number of nitrogens with zero attached hydrogens (tertiary/aromatic N) is 2. The minimum atomic E-state index is -1.20. The molecule has 0 saturated heterocycles. The number of aromatic nitrogens is 2. The Balaban J connectivity index is 0.000000620. The van der Waals surface area contributed by atoms with Crippen molar-refractivity contribution < 1.29 is 50.5 Å². The normalized spacial score (nSPS) is 19.8. The summed E-state index contributed by atoms with van der Waals surface area (Å²) < 4.78 is 0. The molecule has 236 valence electrons. The molecule has 0 spiro atoms. The van der Waals surface area contributed by atoms with Gasteiger partial charge in [0.1, 0.15) is 5.82 Å². The molecule has 2 heterocycles. The summed E-state index contributed by atoms with van der Waals surface area (Å²) in [5, 5.41) is 21.1. The standard InChI is InChI=1S/C23H26N4O7.C6H12N2.Pt/c1-13-25-21-20(22(32)26-13)27(12-28)17(11-24-21)8-4-14-2-5-15(6-3-14)18(29)10-16(23(33)34)7-9-19(30)31;7-5-3-1-2-4-6(5)8;/h2-3,5-6,12,16-17H,4,7-11H2,1H3,(H,30,31)(H,33,34)(H2,24,25,26,32);5-8H,1-4H2;/q;-2;+2. The van der Waals surface area contributed by atoms with Crippen molar-refractivity contribution >= 4 is 35.6 Å². The minimum absolute atomic E-state index is 0. The van der Waals surface area contributed by atoms with Crippen molar-refractivity contribution in [1.29, 1.82) is 0 Å². The van der Waals surface area contributed by atoms with Crippen LogP contribution in [0.4, 0.5) is 11.5 Å². The van der Waals surface area contributed by atoms with Gasteiger partial charge >= 0.3 is 33.0 Å². The Morgan fingerprint density at radius 2 is 1.74 bits per heavy atom. The predicted octanol–water partition coefficient (Wildman–Crippen LogP) is 4.01.